The van der Waals surface area contributed by atoms with Gasteiger partial charge in [0.25, 0.3) is 0 Å². The van der Waals surface area contributed by atoms with Crippen LogP contribution in [0.25, 0.3) is 0 Å². The van der Waals surface area contributed by atoms with Crippen molar-refractivity contribution in [3.05, 3.63) is 64.7 Å². The predicted molar refractivity (Wildman–Crippen MR) is 82.8 cm³/mol. The molecule has 98 valence electrons. The van der Waals surface area contributed by atoms with Crippen molar-refractivity contribution in [3.8, 4) is 0 Å². The number of hydrogen-bond donors (Lipinski definition) is 1. The molecule has 3 rings (SSSR count). The van der Waals surface area contributed by atoms with E-state index < -0.39 is 0 Å². The topological polar surface area (TPSA) is 12.0 Å². The second-order valence-corrected chi connectivity index (χ2v) is 6.31. The van der Waals surface area contributed by atoms with Gasteiger partial charge in [0.05, 0.1) is 0 Å². The Labute approximate surface area is 123 Å². The molecule has 3 heteroatoms. The number of hydrogen-bond acceptors (Lipinski definition) is 2. The van der Waals surface area contributed by atoms with Gasteiger partial charge in [0, 0.05) is 22.5 Å². The minimum Gasteiger partial charge on any atom is -0.306 e. The van der Waals surface area contributed by atoms with Crippen LogP contribution < -0.4 is 5.32 Å². The first-order chi connectivity index (χ1) is 9.33. The molecule has 0 saturated heterocycles. The van der Waals surface area contributed by atoms with E-state index in [9.17, 15) is 0 Å². The van der Waals surface area contributed by atoms with Gasteiger partial charge in [0.2, 0.25) is 0 Å². The molecule has 1 aliphatic rings. The Kier molecular flexibility index (Phi) is 4.12. The molecule has 0 aliphatic carbocycles. The molecule has 1 heterocycles. The average Bonchev–Trinajstić information content (AvgIpc) is 2.47. The summed E-state index contributed by atoms with van der Waals surface area (Å²) in [5.74, 6) is 1.19. The van der Waals surface area contributed by atoms with E-state index in [1.807, 2.05) is 23.9 Å². The molecule has 0 fully saturated rings. The van der Waals surface area contributed by atoms with Crippen LogP contribution in [0.2, 0.25) is 5.02 Å². The van der Waals surface area contributed by atoms with Gasteiger partial charge in [-0.1, -0.05) is 41.9 Å². The molecule has 1 aliphatic heterocycles. The fourth-order valence-corrected chi connectivity index (χ4v) is 3.65. The van der Waals surface area contributed by atoms with Gasteiger partial charge in [-0.3, -0.25) is 0 Å². The summed E-state index contributed by atoms with van der Waals surface area (Å²) in [6, 6.07) is 17.2. The molecule has 2 aromatic carbocycles. The molecule has 2 aromatic rings. The third-order valence-corrected chi connectivity index (χ3v) is 4.80. The fraction of sp³-hybridized carbons (Fsp3) is 0.250. The predicted octanol–water partition coefficient (Wildman–Crippen LogP) is 4.67. The van der Waals surface area contributed by atoms with Crippen molar-refractivity contribution in [1.29, 1.82) is 0 Å². The molecule has 1 nitrogen and oxygen atoms in total. The largest absolute Gasteiger partial charge is 0.306 e. The number of benzene rings is 2. The smallest absolute Gasteiger partial charge is 0.0406 e. The maximum Gasteiger partial charge on any atom is 0.0406 e. The number of nitrogens with one attached hydrogen (secondary N) is 1. The standard InChI is InChI=1S/C16H16ClNS/c17-13-7-5-12(6-8-13)11-18-15-9-10-19-16-4-2-1-3-14(15)16/h1-8,15,18H,9-11H2. The zero-order chi connectivity index (χ0) is 13.1. The third-order valence-electron chi connectivity index (χ3n) is 3.42. The van der Waals surface area contributed by atoms with Crippen LogP contribution in [0.1, 0.15) is 23.6 Å². The highest BCUT2D eigenvalue weighted by atomic mass is 35.5. The average molecular weight is 290 g/mol. The highest BCUT2D eigenvalue weighted by Crippen LogP contribution is 2.35. The van der Waals surface area contributed by atoms with Crippen molar-refractivity contribution in [3.63, 3.8) is 0 Å². The van der Waals surface area contributed by atoms with Crippen molar-refractivity contribution in [2.45, 2.75) is 23.9 Å². The third kappa shape index (κ3) is 3.14. The Hall–Kier alpha value is -0.960. The van der Waals surface area contributed by atoms with E-state index in [1.54, 1.807) is 0 Å². The highest BCUT2D eigenvalue weighted by molar-refractivity contribution is 7.99. The molecule has 0 bridgehead atoms. The van der Waals surface area contributed by atoms with E-state index in [1.165, 1.54) is 28.2 Å². The summed E-state index contributed by atoms with van der Waals surface area (Å²) < 4.78 is 0. The lowest BCUT2D eigenvalue weighted by Crippen LogP contribution is -2.24. The molecule has 1 atom stereocenters. The Morgan fingerprint density at radius 3 is 2.74 bits per heavy atom. The summed E-state index contributed by atoms with van der Waals surface area (Å²) in [6.07, 6.45) is 1.19. The normalized spacial score (nSPS) is 18.1. The summed E-state index contributed by atoms with van der Waals surface area (Å²) >= 11 is 7.86. The summed E-state index contributed by atoms with van der Waals surface area (Å²) in [7, 11) is 0. The van der Waals surface area contributed by atoms with Gasteiger partial charge in [0.1, 0.15) is 0 Å². The Morgan fingerprint density at radius 2 is 1.89 bits per heavy atom. The van der Waals surface area contributed by atoms with Crippen molar-refractivity contribution in [2.24, 2.45) is 0 Å². The van der Waals surface area contributed by atoms with E-state index in [0.29, 0.717) is 6.04 Å². The molecule has 0 spiro atoms. The van der Waals surface area contributed by atoms with Gasteiger partial charge in [-0.05, 0) is 41.5 Å². The maximum absolute atomic E-state index is 5.90. The van der Waals surface area contributed by atoms with Crippen LogP contribution in [-0.4, -0.2) is 5.75 Å². The summed E-state index contributed by atoms with van der Waals surface area (Å²) in [4.78, 5) is 1.42. The quantitative estimate of drug-likeness (QED) is 0.881. The van der Waals surface area contributed by atoms with Crippen molar-refractivity contribution < 1.29 is 0 Å². The second kappa shape index (κ2) is 6.00. The molecular weight excluding hydrogens is 274 g/mol. The molecule has 0 saturated carbocycles. The lowest BCUT2D eigenvalue weighted by molar-refractivity contribution is 0.510. The zero-order valence-electron chi connectivity index (χ0n) is 10.6. The minimum absolute atomic E-state index is 0.466. The summed E-state index contributed by atoms with van der Waals surface area (Å²) in [5, 5.41) is 4.45. The molecule has 0 aromatic heterocycles. The molecule has 1 N–H and O–H groups in total. The van der Waals surface area contributed by atoms with Crippen molar-refractivity contribution >= 4 is 23.4 Å². The lowest BCUT2D eigenvalue weighted by Gasteiger charge is -2.26. The molecule has 1 unspecified atom stereocenters. The SMILES string of the molecule is Clc1ccc(CNC2CCSc3ccccc32)cc1. The lowest BCUT2D eigenvalue weighted by atomic mass is 10.0. The van der Waals surface area contributed by atoms with E-state index in [2.05, 4.69) is 41.7 Å². The van der Waals surface area contributed by atoms with Gasteiger partial charge >= 0.3 is 0 Å². The first-order valence-electron chi connectivity index (χ1n) is 6.52. The van der Waals surface area contributed by atoms with Gasteiger partial charge in [-0.2, -0.15) is 0 Å². The van der Waals surface area contributed by atoms with Crippen molar-refractivity contribution in [1.82, 2.24) is 5.32 Å². The highest BCUT2D eigenvalue weighted by Gasteiger charge is 2.19. The van der Waals surface area contributed by atoms with E-state index in [-0.39, 0.29) is 0 Å². The second-order valence-electron chi connectivity index (χ2n) is 4.73. The van der Waals surface area contributed by atoms with Crippen LogP contribution in [0.5, 0.6) is 0 Å². The molecule has 0 amide bonds. The van der Waals surface area contributed by atoms with E-state index in [0.717, 1.165) is 11.6 Å². The van der Waals surface area contributed by atoms with Crippen LogP contribution in [0.4, 0.5) is 0 Å². The number of fused-ring (bicyclic) bond motifs is 1. The van der Waals surface area contributed by atoms with Crippen LogP contribution in [0.3, 0.4) is 0 Å². The molecule has 19 heavy (non-hydrogen) atoms. The van der Waals surface area contributed by atoms with E-state index >= 15 is 0 Å². The first kappa shape index (κ1) is 13.0. The zero-order valence-corrected chi connectivity index (χ0v) is 12.2. The number of rotatable bonds is 3. The Balaban J connectivity index is 1.69. The number of thioether (sulfide) groups is 1. The van der Waals surface area contributed by atoms with E-state index in [4.69, 9.17) is 11.6 Å². The Bertz CT molecular complexity index is 553. The van der Waals surface area contributed by atoms with Crippen LogP contribution >= 0.6 is 23.4 Å². The molecule has 0 radical (unpaired) electrons. The minimum atomic E-state index is 0.466. The Morgan fingerprint density at radius 1 is 1.11 bits per heavy atom. The van der Waals surface area contributed by atoms with Crippen molar-refractivity contribution in [2.75, 3.05) is 5.75 Å². The van der Waals surface area contributed by atoms with Crippen LogP contribution in [0, 0.1) is 0 Å². The first-order valence-corrected chi connectivity index (χ1v) is 7.89. The van der Waals surface area contributed by atoms with Gasteiger partial charge in [0.15, 0.2) is 0 Å². The van der Waals surface area contributed by atoms with Gasteiger partial charge in [-0.25, -0.2) is 0 Å². The monoisotopic (exact) mass is 289 g/mol. The van der Waals surface area contributed by atoms with Crippen LogP contribution in [-0.2, 0) is 6.54 Å². The maximum atomic E-state index is 5.90. The van der Waals surface area contributed by atoms with Gasteiger partial charge in [-0.15, -0.1) is 11.8 Å². The molecular formula is C16H16ClNS. The van der Waals surface area contributed by atoms with Gasteiger partial charge < -0.3 is 5.32 Å². The number of halogens is 1. The van der Waals surface area contributed by atoms with Crippen LogP contribution in [0.15, 0.2) is 53.4 Å². The summed E-state index contributed by atoms with van der Waals surface area (Å²) in [5.41, 5.74) is 2.72. The summed E-state index contributed by atoms with van der Waals surface area (Å²) in [6.45, 7) is 0.890. The fourth-order valence-electron chi connectivity index (χ4n) is 2.40.